The Morgan fingerprint density at radius 2 is 1.56 bits per heavy atom. The van der Waals surface area contributed by atoms with Gasteiger partial charge in [0.05, 0.1) is 13.2 Å². The average Bonchev–Trinajstić information content (AvgIpc) is 1.64. The van der Waals surface area contributed by atoms with E-state index in [4.69, 9.17) is 14.2 Å². The van der Waals surface area contributed by atoms with E-state index in [2.05, 4.69) is 0 Å². The molecule has 0 radical (unpaired) electrons. The summed E-state index contributed by atoms with van der Waals surface area (Å²) in [4.78, 5) is 0. The predicted octanol–water partition coefficient (Wildman–Crippen LogP) is 2.30. The monoisotopic (exact) mass is 151 g/mol. The standard InChI is InChI=1S/C5H14NO2P/c1-4-7-9(3,6)8-5-2/h6H,4-5H2,1-3H3. The van der Waals surface area contributed by atoms with Crippen molar-refractivity contribution in [2.45, 2.75) is 13.8 Å². The molecular formula is C5H14NO2P. The topological polar surface area (TPSA) is 42.3 Å². The van der Waals surface area contributed by atoms with Crippen molar-refractivity contribution in [2.24, 2.45) is 0 Å². The van der Waals surface area contributed by atoms with Gasteiger partial charge in [0.1, 0.15) is 0 Å². The van der Waals surface area contributed by atoms with Crippen molar-refractivity contribution < 1.29 is 9.05 Å². The zero-order chi connectivity index (χ0) is 7.33. The van der Waals surface area contributed by atoms with E-state index in [1.165, 1.54) is 0 Å². The van der Waals surface area contributed by atoms with Crippen molar-refractivity contribution in [1.82, 2.24) is 0 Å². The molecule has 0 fully saturated rings. The number of nitrogens with one attached hydrogen (secondary N) is 1. The second-order valence-electron chi connectivity index (χ2n) is 1.68. The van der Waals surface area contributed by atoms with Crippen LogP contribution in [0.1, 0.15) is 13.8 Å². The van der Waals surface area contributed by atoms with E-state index in [9.17, 15) is 0 Å². The third-order valence-electron chi connectivity index (χ3n) is 0.751. The SMILES string of the molecule is CCOP(C)(=N)OCC. The average molecular weight is 151 g/mol. The third-order valence-corrected chi connectivity index (χ3v) is 2.25. The van der Waals surface area contributed by atoms with Crippen LogP contribution >= 0.6 is 7.51 Å². The molecular weight excluding hydrogens is 137 g/mol. The maximum atomic E-state index is 7.39. The van der Waals surface area contributed by atoms with Gasteiger partial charge in [0.25, 0.3) is 0 Å². The molecule has 0 saturated carbocycles. The maximum Gasteiger partial charge on any atom is 0.206 e. The highest BCUT2D eigenvalue weighted by molar-refractivity contribution is 7.54. The minimum atomic E-state index is -2.19. The molecule has 56 valence electrons. The highest BCUT2D eigenvalue weighted by Gasteiger charge is 2.07. The van der Waals surface area contributed by atoms with Gasteiger partial charge in [-0.25, -0.2) is 0 Å². The summed E-state index contributed by atoms with van der Waals surface area (Å²) in [5, 5.41) is 7.39. The predicted molar refractivity (Wildman–Crippen MR) is 38.8 cm³/mol. The second-order valence-corrected chi connectivity index (χ2v) is 3.89. The molecule has 0 unspecified atom stereocenters. The van der Waals surface area contributed by atoms with Gasteiger partial charge in [-0.2, -0.15) is 0 Å². The second kappa shape index (κ2) is 4.04. The van der Waals surface area contributed by atoms with E-state index in [0.29, 0.717) is 13.2 Å². The lowest BCUT2D eigenvalue weighted by atomic mass is 10.9. The van der Waals surface area contributed by atoms with Gasteiger partial charge >= 0.3 is 0 Å². The first kappa shape index (κ1) is 9.15. The summed E-state index contributed by atoms with van der Waals surface area (Å²) in [5.41, 5.74) is 0. The molecule has 0 aliphatic heterocycles. The molecule has 9 heavy (non-hydrogen) atoms. The van der Waals surface area contributed by atoms with Gasteiger partial charge in [-0.05, 0) is 13.8 Å². The van der Waals surface area contributed by atoms with Crippen molar-refractivity contribution in [3.05, 3.63) is 0 Å². The molecule has 0 aromatic rings. The van der Waals surface area contributed by atoms with E-state index in [-0.39, 0.29) is 0 Å². The van der Waals surface area contributed by atoms with Gasteiger partial charge in [0.15, 0.2) is 0 Å². The fourth-order valence-electron chi connectivity index (χ4n) is 0.530. The molecule has 0 aliphatic carbocycles. The highest BCUT2D eigenvalue weighted by Crippen LogP contribution is 2.43. The third kappa shape index (κ3) is 4.64. The number of hydrogen-bond acceptors (Lipinski definition) is 3. The molecule has 1 N–H and O–H groups in total. The van der Waals surface area contributed by atoms with Crippen LogP contribution in [0.3, 0.4) is 0 Å². The molecule has 0 atom stereocenters. The summed E-state index contributed by atoms with van der Waals surface area (Å²) < 4.78 is 10.1. The zero-order valence-corrected chi connectivity index (χ0v) is 7.07. The van der Waals surface area contributed by atoms with E-state index in [0.717, 1.165) is 0 Å². The van der Waals surface area contributed by atoms with Crippen LogP contribution in [0.25, 0.3) is 0 Å². The van der Waals surface area contributed by atoms with Gasteiger partial charge < -0.3 is 9.05 Å². The van der Waals surface area contributed by atoms with Crippen LogP contribution in [-0.2, 0) is 9.05 Å². The van der Waals surface area contributed by atoms with Gasteiger partial charge in [0.2, 0.25) is 7.51 Å². The molecule has 0 spiro atoms. The molecule has 0 rings (SSSR count). The fourth-order valence-corrected chi connectivity index (χ4v) is 1.59. The number of hydrogen-bond donors (Lipinski definition) is 1. The van der Waals surface area contributed by atoms with E-state index in [1.807, 2.05) is 13.8 Å². The van der Waals surface area contributed by atoms with Crippen LogP contribution in [0.4, 0.5) is 0 Å². The van der Waals surface area contributed by atoms with Gasteiger partial charge in [-0.3, -0.25) is 5.16 Å². The molecule has 0 aromatic carbocycles. The van der Waals surface area contributed by atoms with E-state index < -0.39 is 7.51 Å². The summed E-state index contributed by atoms with van der Waals surface area (Å²) in [6.07, 6.45) is 0. The first-order valence-corrected chi connectivity index (χ1v) is 5.10. The van der Waals surface area contributed by atoms with Crippen molar-refractivity contribution in [1.29, 1.82) is 5.16 Å². The van der Waals surface area contributed by atoms with E-state index >= 15 is 0 Å². The van der Waals surface area contributed by atoms with Crippen molar-refractivity contribution in [3.63, 3.8) is 0 Å². The molecule has 0 aromatic heterocycles. The molecule has 0 heterocycles. The lowest BCUT2D eigenvalue weighted by Crippen LogP contribution is -1.91. The Hall–Kier alpha value is 0.150. The molecule has 0 bridgehead atoms. The Morgan fingerprint density at radius 3 is 1.78 bits per heavy atom. The Balaban J connectivity index is 3.58. The van der Waals surface area contributed by atoms with Crippen LogP contribution in [0.2, 0.25) is 0 Å². The minimum absolute atomic E-state index is 0.563. The van der Waals surface area contributed by atoms with Crippen LogP contribution in [0.15, 0.2) is 0 Å². The van der Waals surface area contributed by atoms with Gasteiger partial charge in [-0.1, -0.05) is 0 Å². The largest absolute Gasteiger partial charge is 0.324 e. The summed E-state index contributed by atoms with van der Waals surface area (Å²) in [6, 6.07) is 0. The van der Waals surface area contributed by atoms with Gasteiger partial charge in [0, 0.05) is 6.66 Å². The Kier molecular flexibility index (Phi) is 4.11. The quantitative estimate of drug-likeness (QED) is 0.626. The highest BCUT2D eigenvalue weighted by atomic mass is 31.2. The molecule has 0 saturated heterocycles. The molecule has 4 heteroatoms. The van der Waals surface area contributed by atoms with Crippen LogP contribution in [-0.4, -0.2) is 19.9 Å². The lowest BCUT2D eigenvalue weighted by molar-refractivity contribution is 0.260. The molecule has 3 nitrogen and oxygen atoms in total. The number of rotatable bonds is 4. The van der Waals surface area contributed by atoms with Crippen molar-refractivity contribution >= 4 is 7.51 Å². The molecule has 0 amide bonds. The summed E-state index contributed by atoms with van der Waals surface area (Å²) >= 11 is 0. The van der Waals surface area contributed by atoms with Gasteiger partial charge in [-0.15, -0.1) is 0 Å². The Labute approximate surface area is 56.4 Å². The van der Waals surface area contributed by atoms with Crippen LogP contribution < -0.4 is 0 Å². The maximum absolute atomic E-state index is 7.39. The molecule has 0 aliphatic rings. The normalized spacial score (nSPS) is 11.9. The first-order valence-electron chi connectivity index (χ1n) is 3.03. The fraction of sp³-hybridized carbons (Fsp3) is 1.00. The van der Waals surface area contributed by atoms with Crippen LogP contribution in [0, 0.1) is 5.16 Å². The zero-order valence-electron chi connectivity index (χ0n) is 6.18. The minimum Gasteiger partial charge on any atom is -0.324 e. The Morgan fingerprint density at radius 1 is 1.22 bits per heavy atom. The van der Waals surface area contributed by atoms with Crippen molar-refractivity contribution in [2.75, 3.05) is 19.9 Å². The van der Waals surface area contributed by atoms with Crippen molar-refractivity contribution in [3.8, 4) is 0 Å². The summed E-state index contributed by atoms with van der Waals surface area (Å²) in [7, 11) is -2.19. The summed E-state index contributed by atoms with van der Waals surface area (Å²) in [6.45, 7) is 6.55. The smallest absolute Gasteiger partial charge is 0.206 e. The van der Waals surface area contributed by atoms with E-state index in [1.54, 1.807) is 6.66 Å². The Bertz CT molecular complexity index is 106. The summed E-state index contributed by atoms with van der Waals surface area (Å²) in [5.74, 6) is 0. The first-order chi connectivity index (χ1) is 4.12. The van der Waals surface area contributed by atoms with Crippen LogP contribution in [0.5, 0.6) is 0 Å². The lowest BCUT2D eigenvalue weighted by Gasteiger charge is -2.14.